The maximum atomic E-state index is 7.21. The van der Waals surface area contributed by atoms with E-state index in [1.165, 1.54) is 44.5 Å². The Morgan fingerprint density at radius 1 is 0.509 bits per heavy atom. The van der Waals surface area contributed by atoms with Gasteiger partial charge in [0.15, 0.2) is 23.0 Å². The number of rotatable bonds is 4. The number of para-hydroxylation sites is 1. The molecular formula is C50H35NO2. The molecule has 0 bridgehead atoms. The van der Waals surface area contributed by atoms with E-state index in [0.29, 0.717) is 11.5 Å². The Labute approximate surface area is 309 Å². The van der Waals surface area contributed by atoms with Gasteiger partial charge in [0.1, 0.15) is 0 Å². The average molecular weight is 682 g/mol. The van der Waals surface area contributed by atoms with Gasteiger partial charge < -0.3 is 14.4 Å². The molecule has 0 saturated carbocycles. The highest BCUT2D eigenvalue weighted by Crippen LogP contribution is 2.69. The van der Waals surface area contributed by atoms with E-state index in [1.54, 1.807) is 0 Å². The van der Waals surface area contributed by atoms with Crippen LogP contribution in [0.4, 0.5) is 17.1 Å². The second kappa shape index (κ2) is 11.5. The van der Waals surface area contributed by atoms with Crippen molar-refractivity contribution in [3.8, 4) is 45.3 Å². The van der Waals surface area contributed by atoms with Gasteiger partial charge in [-0.2, -0.15) is 0 Å². The minimum Gasteiger partial charge on any atom is -0.449 e. The van der Waals surface area contributed by atoms with Gasteiger partial charge >= 0.3 is 0 Å². The molecule has 7 aromatic rings. The van der Waals surface area contributed by atoms with Gasteiger partial charge in [-0.05, 0) is 88.3 Å². The Kier molecular flexibility index (Phi) is 6.51. The Balaban J connectivity index is 1.07. The lowest BCUT2D eigenvalue weighted by molar-refractivity contribution is 0.347. The fraction of sp³-hybridized carbons (Fsp3) is 0.0800. The number of aryl methyl sites for hydroxylation is 1. The van der Waals surface area contributed by atoms with E-state index in [2.05, 4.69) is 188 Å². The molecule has 1 heterocycles. The van der Waals surface area contributed by atoms with Gasteiger partial charge in [0, 0.05) is 34.8 Å². The van der Waals surface area contributed by atoms with E-state index >= 15 is 0 Å². The number of nitrogens with zero attached hydrogens (tertiary/aromatic N) is 1. The van der Waals surface area contributed by atoms with Crippen molar-refractivity contribution in [2.75, 3.05) is 4.90 Å². The predicted molar refractivity (Wildman–Crippen MR) is 214 cm³/mol. The van der Waals surface area contributed by atoms with Gasteiger partial charge in [-0.3, -0.25) is 0 Å². The molecule has 7 aromatic carbocycles. The molecule has 3 unspecified atom stereocenters. The zero-order chi connectivity index (χ0) is 35.1. The molecule has 1 spiro atoms. The highest BCUT2D eigenvalue weighted by molar-refractivity contribution is 5.90. The average Bonchev–Trinajstić information content (AvgIpc) is 3.69. The fourth-order valence-corrected chi connectivity index (χ4v) is 9.45. The Morgan fingerprint density at radius 2 is 1.25 bits per heavy atom. The molecule has 0 aromatic heterocycles. The summed E-state index contributed by atoms with van der Waals surface area (Å²) in [6, 6.07) is 56.6. The predicted octanol–water partition coefficient (Wildman–Crippen LogP) is 13.2. The fourth-order valence-electron chi connectivity index (χ4n) is 9.45. The van der Waals surface area contributed by atoms with E-state index in [4.69, 9.17) is 9.47 Å². The zero-order valence-electron chi connectivity index (χ0n) is 29.2. The monoisotopic (exact) mass is 681 g/mol. The van der Waals surface area contributed by atoms with Crippen molar-refractivity contribution in [3.63, 3.8) is 0 Å². The number of hydrogen-bond acceptors (Lipinski definition) is 3. The summed E-state index contributed by atoms with van der Waals surface area (Å²) < 4.78 is 14.0. The summed E-state index contributed by atoms with van der Waals surface area (Å²) in [4.78, 5) is 2.29. The third kappa shape index (κ3) is 4.34. The molecule has 4 aliphatic rings. The lowest BCUT2D eigenvalue weighted by Crippen LogP contribution is -2.33. The molecule has 3 nitrogen and oxygen atoms in total. The van der Waals surface area contributed by atoms with Crippen LogP contribution in [0.1, 0.15) is 33.7 Å². The molecule has 3 atom stereocenters. The molecule has 53 heavy (non-hydrogen) atoms. The first kappa shape index (κ1) is 30.1. The summed E-state index contributed by atoms with van der Waals surface area (Å²) >= 11 is 0. The summed E-state index contributed by atoms with van der Waals surface area (Å²) in [5, 5.41) is 0. The van der Waals surface area contributed by atoms with Crippen LogP contribution in [0.2, 0.25) is 0 Å². The number of anilines is 3. The van der Waals surface area contributed by atoms with Gasteiger partial charge in [0.05, 0.1) is 11.1 Å². The summed E-state index contributed by atoms with van der Waals surface area (Å²) in [5.74, 6) is 3.42. The number of fused-ring (bicyclic) bond motifs is 13. The molecule has 0 fully saturated rings. The number of benzene rings is 7. The molecule has 11 rings (SSSR count). The second-order valence-corrected chi connectivity index (χ2v) is 14.5. The molecule has 1 aliphatic heterocycles. The maximum absolute atomic E-state index is 7.21. The van der Waals surface area contributed by atoms with E-state index in [-0.39, 0.29) is 11.8 Å². The third-order valence-corrected chi connectivity index (χ3v) is 11.7. The van der Waals surface area contributed by atoms with Crippen LogP contribution in [0.5, 0.6) is 23.0 Å². The van der Waals surface area contributed by atoms with Gasteiger partial charge in [0.25, 0.3) is 0 Å². The summed E-state index contributed by atoms with van der Waals surface area (Å²) in [5.41, 5.74) is 14.0. The molecular weight excluding hydrogens is 647 g/mol. The van der Waals surface area contributed by atoms with Crippen LogP contribution < -0.4 is 14.4 Å². The number of ether oxygens (including phenoxy) is 2. The van der Waals surface area contributed by atoms with Crippen LogP contribution in [0.25, 0.3) is 22.3 Å². The van der Waals surface area contributed by atoms with Crippen LogP contribution in [0.3, 0.4) is 0 Å². The van der Waals surface area contributed by atoms with Gasteiger partial charge in [-0.15, -0.1) is 0 Å². The van der Waals surface area contributed by atoms with E-state index in [0.717, 1.165) is 34.1 Å². The van der Waals surface area contributed by atoms with E-state index in [1.807, 2.05) is 6.07 Å². The molecule has 0 saturated heterocycles. The van der Waals surface area contributed by atoms with Crippen molar-refractivity contribution < 1.29 is 9.47 Å². The third-order valence-electron chi connectivity index (χ3n) is 11.7. The maximum Gasteiger partial charge on any atom is 0.175 e. The van der Waals surface area contributed by atoms with Crippen molar-refractivity contribution in [3.05, 3.63) is 210 Å². The van der Waals surface area contributed by atoms with Crippen LogP contribution in [-0.4, -0.2) is 0 Å². The van der Waals surface area contributed by atoms with E-state index in [9.17, 15) is 0 Å². The first-order valence-corrected chi connectivity index (χ1v) is 18.4. The highest BCUT2D eigenvalue weighted by Gasteiger charge is 2.59. The Bertz CT molecular complexity index is 2650. The van der Waals surface area contributed by atoms with Crippen LogP contribution in [-0.2, 0) is 5.41 Å². The molecule has 3 aliphatic carbocycles. The summed E-state index contributed by atoms with van der Waals surface area (Å²) in [6.45, 7) is 2.12. The van der Waals surface area contributed by atoms with Gasteiger partial charge in [-0.25, -0.2) is 0 Å². The van der Waals surface area contributed by atoms with Gasteiger partial charge in [-0.1, -0.05) is 139 Å². The molecule has 0 amide bonds. The minimum absolute atomic E-state index is 0.199. The molecule has 252 valence electrons. The molecule has 0 N–H and O–H groups in total. The van der Waals surface area contributed by atoms with E-state index < -0.39 is 5.41 Å². The lowest BCUT2D eigenvalue weighted by Gasteiger charge is -2.37. The van der Waals surface area contributed by atoms with Crippen LogP contribution >= 0.6 is 0 Å². The van der Waals surface area contributed by atoms with Crippen LogP contribution in [0, 0.1) is 12.8 Å². The van der Waals surface area contributed by atoms with Crippen molar-refractivity contribution in [1.82, 2.24) is 0 Å². The summed E-state index contributed by atoms with van der Waals surface area (Å²) in [7, 11) is 0. The highest BCUT2D eigenvalue weighted by atomic mass is 16.6. The normalized spacial score (nSPS) is 19.3. The number of hydrogen-bond donors (Lipinski definition) is 0. The zero-order valence-corrected chi connectivity index (χ0v) is 29.2. The molecule has 3 heteroatoms. The minimum atomic E-state index is -0.426. The SMILES string of the molecule is Cc1ccc(-c2cccc(N(c3ccccc3)c3ccc4c(c3)Oc3c(ccc5c3C3(c6ccccc6-5)c5ccccc5C5C=CC=CC53)O4)c2)cc1. The first-order valence-electron chi connectivity index (χ1n) is 18.4. The van der Waals surface area contributed by atoms with Crippen molar-refractivity contribution in [2.45, 2.75) is 18.3 Å². The smallest absolute Gasteiger partial charge is 0.175 e. The first-order chi connectivity index (χ1) is 26.2. The van der Waals surface area contributed by atoms with Crippen molar-refractivity contribution >= 4 is 17.1 Å². The second-order valence-electron chi connectivity index (χ2n) is 14.5. The summed E-state index contributed by atoms with van der Waals surface area (Å²) in [6.07, 6.45) is 9.20. The standard InChI is InChI=1S/C50H35NO2/c1-32-22-24-33(25-23-32)34-12-11-15-36(30-34)51(35-13-3-2-4-14-35)37-26-28-45-47(31-37)53-49-46(52-45)29-27-41-40-18-7-10-21-44(40)50(48(41)49)42-19-8-5-16-38(42)39-17-6-9-20-43(39)50/h2-31,38,42H,1H3. The largest absolute Gasteiger partial charge is 0.449 e. The Morgan fingerprint density at radius 3 is 2.13 bits per heavy atom. The topological polar surface area (TPSA) is 21.7 Å². The quantitative estimate of drug-likeness (QED) is 0.185. The number of allylic oxidation sites excluding steroid dienone is 4. The van der Waals surface area contributed by atoms with Gasteiger partial charge in [0.2, 0.25) is 0 Å². The molecule has 0 radical (unpaired) electrons. The van der Waals surface area contributed by atoms with Crippen molar-refractivity contribution in [1.29, 1.82) is 0 Å². The van der Waals surface area contributed by atoms with Crippen molar-refractivity contribution in [2.24, 2.45) is 5.92 Å². The lowest BCUT2D eigenvalue weighted by atomic mass is 9.65. The van der Waals surface area contributed by atoms with Crippen LogP contribution in [0.15, 0.2) is 182 Å². The Hall–Kier alpha value is -6.58.